The topological polar surface area (TPSA) is 32.8 Å². The Bertz CT molecular complexity index is 3840. The molecular weight excluding hydrogens is 901 g/mol. The van der Waals surface area contributed by atoms with Crippen LogP contribution in [0, 0.1) is 0 Å². The van der Waals surface area contributed by atoms with Gasteiger partial charge in [0.15, 0.2) is 11.2 Å². The third-order valence-electron chi connectivity index (χ3n) is 17.2. The van der Waals surface area contributed by atoms with Gasteiger partial charge < -0.3 is 18.6 Å². The quantitative estimate of drug-likeness (QED) is 0.142. The minimum Gasteiger partial charge on any atom is -0.454 e. The van der Waals surface area contributed by atoms with Gasteiger partial charge in [-0.05, 0) is 141 Å². The summed E-state index contributed by atoms with van der Waals surface area (Å²) >= 11 is 0. The van der Waals surface area contributed by atoms with Gasteiger partial charge in [-0.3, -0.25) is 0 Å². The average molecular weight is 965 g/mol. The summed E-state index contributed by atoms with van der Waals surface area (Å²) in [5.41, 5.74) is 15.8. The van der Waals surface area contributed by atoms with Gasteiger partial charge in [-0.25, -0.2) is 0 Å². The van der Waals surface area contributed by atoms with Crippen molar-refractivity contribution in [2.45, 2.75) is 116 Å². The van der Waals surface area contributed by atoms with Gasteiger partial charge in [0.2, 0.25) is 0 Å². The molecule has 74 heavy (non-hydrogen) atoms. The SMILES string of the molecule is CC(C)(C)c1ccc(N(c2ccc3ccc4c(N(c5ccc(C(C)(C)C)cc5)c5cccc6c5oc5c(C7CCCC7)cccc56)ccc5ccc2c3c54)c2cccc3c2oc2c(C4CCCC4)cccc23)cc1. The standard InChI is InChI=1S/C70H64N2O2/c1-69(2,3)47-31-35-49(36-32-47)71(61-25-13-23-55-53-21-11-19-51(43-15-7-8-16-43)65(53)73-67(55)61)59-41-29-45-28-40-58-60(42-30-46-27-39-57(59)63(45)64(46)58)72(50-37-33-48(34-38-50)70(4,5)6)62-26-14-24-56-54-22-12-20-52(44-17-9-10-18-44)66(54)74-68(56)62/h11-14,19-44H,7-10,15-18H2,1-6H3. The van der Waals surface area contributed by atoms with Crippen molar-refractivity contribution in [1.29, 1.82) is 0 Å². The molecule has 12 aromatic rings. The van der Waals surface area contributed by atoms with E-state index in [4.69, 9.17) is 8.83 Å². The van der Waals surface area contributed by atoms with Crippen LogP contribution in [0.15, 0.2) is 179 Å². The van der Waals surface area contributed by atoms with Crippen LogP contribution in [-0.4, -0.2) is 0 Å². The largest absolute Gasteiger partial charge is 0.454 e. The molecule has 0 bridgehead atoms. The maximum Gasteiger partial charge on any atom is 0.159 e. The molecule has 4 heteroatoms. The fourth-order valence-electron chi connectivity index (χ4n) is 13.3. The third-order valence-corrected chi connectivity index (χ3v) is 17.2. The van der Waals surface area contributed by atoms with Crippen LogP contribution in [0.25, 0.3) is 76.2 Å². The van der Waals surface area contributed by atoms with Gasteiger partial charge in [0.25, 0.3) is 0 Å². The van der Waals surface area contributed by atoms with Crippen LogP contribution < -0.4 is 9.80 Å². The summed E-state index contributed by atoms with van der Waals surface area (Å²) in [6, 6.07) is 64.2. The lowest BCUT2D eigenvalue weighted by molar-refractivity contribution is 0.590. The summed E-state index contributed by atoms with van der Waals surface area (Å²) in [4.78, 5) is 4.93. The zero-order chi connectivity index (χ0) is 50.0. The van der Waals surface area contributed by atoms with Crippen LogP contribution in [0.2, 0.25) is 0 Å². The molecule has 0 unspecified atom stereocenters. The van der Waals surface area contributed by atoms with Crippen LogP contribution in [-0.2, 0) is 10.8 Å². The van der Waals surface area contributed by atoms with Gasteiger partial charge in [-0.2, -0.15) is 0 Å². The molecule has 0 N–H and O–H groups in total. The Morgan fingerprint density at radius 2 is 0.689 bits per heavy atom. The molecule has 0 atom stereocenters. The summed E-state index contributed by atoms with van der Waals surface area (Å²) in [6.45, 7) is 13.7. The summed E-state index contributed by atoms with van der Waals surface area (Å²) < 4.78 is 14.5. The van der Waals surface area contributed by atoms with Gasteiger partial charge in [-0.15, -0.1) is 0 Å². The zero-order valence-electron chi connectivity index (χ0n) is 43.7. The fourth-order valence-corrected chi connectivity index (χ4v) is 13.3. The van der Waals surface area contributed by atoms with E-state index in [-0.39, 0.29) is 10.8 Å². The van der Waals surface area contributed by atoms with Crippen molar-refractivity contribution in [3.05, 3.63) is 192 Å². The van der Waals surface area contributed by atoms with Crippen LogP contribution in [0.5, 0.6) is 0 Å². The van der Waals surface area contributed by atoms with Crippen molar-refractivity contribution in [1.82, 2.24) is 0 Å². The average Bonchev–Trinajstić information content (AvgIpc) is 4.28. The smallest absolute Gasteiger partial charge is 0.159 e. The highest BCUT2D eigenvalue weighted by Crippen LogP contribution is 2.52. The van der Waals surface area contributed by atoms with E-state index in [1.165, 1.54) is 117 Å². The van der Waals surface area contributed by atoms with Gasteiger partial charge in [0.1, 0.15) is 11.2 Å². The van der Waals surface area contributed by atoms with Crippen molar-refractivity contribution in [3.8, 4) is 0 Å². The Hall–Kier alpha value is -7.56. The molecule has 0 spiro atoms. The van der Waals surface area contributed by atoms with E-state index in [2.05, 4.69) is 221 Å². The highest BCUT2D eigenvalue weighted by atomic mass is 16.3. The van der Waals surface area contributed by atoms with Crippen molar-refractivity contribution in [2.24, 2.45) is 0 Å². The van der Waals surface area contributed by atoms with Gasteiger partial charge in [0, 0.05) is 43.7 Å². The summed E-state index contributed by atoms with van der Waals surface area (Å²) in [5, 5.41) is 12.0. The summed E-state index contributed by atoms with van der Waals surface area (Å²) in [5.74, 6) is 1.07. The van der Waals surface area contributed by atoms with Gasteiger partial charge >= 0.3 is 0 Å². The molecule has 10 aromatic carbocycles. The molecule has 0 saturated heterocycles. The summed E-state index contributed by atoms with van der Waals surface area (Å²) in [6.07, 6.45) is 10.00. The molecule has 4 nitrogen and oxygen atoms in total. The lowest BCUT2D eigenvalue weighted by Gasteiger charge is -2.30. The van der Waals surface area contributed by atoms with E-state index in [0.717, 1.165) is 67.2 Å². The number of hydrogen-bond acceptors (Lipinski definition) is 4. The molecule has 14 rings (SSSR count). The Kier molecular flexibility index (Phi) is 10.4. The lowest BCUT2D eigenvalue weighted by Crippen LogP contribution is -2.14. The van der Waals surface area contributed by atoms with E-state index in [1.807, 2.05) is 0 Å². The number of para-hydroxylation sites is 4. The van der Waals surface area contributed by atoms with Gasteiger partial charge in [0.05, 0.1) is 22.7 Å². The van der Waals surface area contributed by atoms with Crippen molar-refractivity contribution >= 4 is 110 Å². The van der Waals surface area contributed by atoms with Gasteiger partial charge in [-0.1, -0.05) is 189 Å². The molecule has 2 fully saturated rings. The van der Waals surface area contributed by atoms with Crippen LogP contribution >= 0.6 is 0 Å². The normalized spacial score (nSPS) is 15.2. The van der Waals surface area contributed by atoms with E-state index in [9.17, 15) is 0 Å². The number of nitrogens with zero attached hydrogens (tertiary/aromatic N) is 2. The van der Waals surface area contributed by atoms with E-state index < -0.39 is 0 Å². The first-order valence-corrected chi connectivity index (χ1v) is 27.4. The number of hydrogen-bond donors (Lipinski definition) is 0. The van der Waals surface area contributed by atoms with Crippen molar-refractivity contribution in [2.75, 3.05) is 9.80 Å². The number of rotatable bonds is 8. The Labute approximate surface area is 434 Å². The molecule has 0 amide bonds. The lowest BCUT2D eigenvalue weighted by atomic mass is 9.87. The molecular formula is C70H64N2O2. The molecule has 2 saturated carbocycles. The van der Waals surface area contributed by atoms with Crippen molar-refractivity contribution < 1.29 is 8.83 Å². The second-order valence-electron chi connectivity index (χ2n) is 23.8. The van der Waals surface area contributed by atoms with Crippen LogP contribution in [0.3, 0.4) is 0 Å². The third kappa shape index (κ3) is 7.15. The molecule has 0 radical (unpaired) electrons. The highest BCUT2D eigenvalue weighted by molar-refractivity contribution is 6.29. The van der Waals surface area contributed by atoms with E-state index >= 15 is 0 Å². The van der Waals surface area contributed by atoms with Crippen LogP contribution in [0.4, 0.5) is 34.1 Å². The maximum absolute atomic E-state index is 7.23. The predicted molar refractivity (Wildman–Crippen MR) is 314 cm³/mol. The number of benzene rings is 10. The molecule has 2 heterocycles. The molecule has 0 aliphatic heterocycles. The first-order chi connectivity index (χ1) is 36.0. The minimum absolute atomic E-state index is 0.0142. The molecule has 2 aliphatic rings. The number of anilines is 6. The summed E-state index contributed by atoms with van der Waals surface area (Å²) in [7, 11) is 0. The van der Waals surface area contributed by atoms with E-state index in [0.29, 0.717) is 11.8 Å². The van der Waals surface area contributed by atoms with Crippen LogP contribution in [0.1, 0.15) is 127 Å². The predicted octanol–water partition coefficient (Wildman–Crippen LogP) is 21.2. The van der Waals surface area contributed by atoms with E-state index in [1.54, 1.807) is 0 Å². The van der Waals surface area contributed by atoms with Crippen molar-refractivity contribution in [3.63, 3.8) is 0 Å². The monoisotopic (exact) mass is 964 g/mol. The minimum atomic E-state index is 0.0142. The second-order valence-corrected chi connectivity index (χ2v) is 23.8. The molecule has 2 aromatic heterocycles. The zero-order valence-corrected chi connectivity index (χ0v) is 43.7. The maximum atomic E-state index is 7.23. The highest BCUT2D eigenvalue weighted by Gasteiger charge is 2.29. The number of furan rings is 2. The molecule has 366 valence electrons. The first kappa shape index (κ1) is 45.1. The fraction of sp³-hybridized carbons (Fsp3) is 0.257. The Morgan fingerprint density at radius 1 is 0.338 bits per heavy atom. The number of fused-ring (bicyclic) bond motifs is 6. The Balaban J connectivity index is 1.00. The molecule has 2 aliphatic carbocycles. The Morgan fingerprint density at radius 3 is 1.07 bits per heavy atom. The second kappa shape index (κ2) is 17.0. The first-order valence-electron chi connectivity index (χ1n) is 27.4.